The van der Waals surface area contributed by atoms with Gasteiger partial charge in [-0.3, -0.25) is 10.2 Å². The van der Waals surface area contributed by atoms with E-state index >= 15 is 0 Å². The summed E-state index contributed by atoms with van der Waals surface area (Å²) in [6, 6.07) is 5.96. The number of ether oxygens (including phenoxy) is 2. The van der Waals surface area contributed by atoms with Gasteiger partial charge in [0, 0.05) is 18.5 Å². The molecule has 0 aromatic heterocycles. The van der Waals surface area contributed by atoms with Crippen molar-refractivity contribution in [3.63, 3.8) is 0 Å². The molecule has 0 aliphatic carbocycles. The number of amides is 2. The molecule has 1 aliphatic heterocycles. The maximum Gasteiger partial charge on any atom is 0.407 e. The lowest BCUT2D eigenvalue weighted by Gasteiger charge is -2.17. The van der Waals surface area contributed by atoms with Crippen molar-refractivity contribution in [3.05, 3.63) is 35.4 Å². The molecule has 174 valence electrons. The van der Waals surface area contributed by atoms with Crippen LogP contribution in [0.15, 0.2) is 29.4 Å². The lowest BCUT2D eigenvalue weighted by atomic mass is 10.0. The van der Waals surface area contributed by atoms with E-state index in [2.05, 4.69) is 20.5 Å². The van der Waals surface area contributed by atoms with Crippen LogP contribution in [0.1, 0.15) is 49.8 Å². The summed E-state index contributed by atoms with van der Waals surface area (Å²) in [4.78, 5) is 41.4. The van der Waals surface area contributed by atoms with Gasteiger partial charge < -0.3 is 30.7 Å². The molecule has 0 bridgehead atoms. The molecule has 1 heterocycles. The summed E-state index contributed by atoms with van der Waals surface area (Å²) in [5.41, 5.74) is 7.46. The van der Waals surface area contributed by atoms with E-state index in [1.807, 2.05) is 6.92 Å². The van der Waals surface area contributed by atoms with Crippen LogP contribution in [-0.4, -0.2) is 55.8 Å². The average molecular weight is 447 g/mol. The third kappa shape index (κ3) is 7.56. The first-order valence-corrected chi connectivity index (χ1v) is 10.3. The molecule has 32 heavy (non-hydrogen) atoms. The van der Waals surface area contributed by atoms with Gasteiger partial charge in [0.15, 0.2) is 6.10 Å². The Bertz CT molecular complexity index is 855. The van der Waals surface area contributed by atoms with Gasteiger partial charge in [0.2, 0.25) is 5.91 Å². The summed E-state index contributed by atoms with van der Waals surface area (Å²) in [5, 5.41) is 16.4. The third-order valence-electron chi connectivity index (χ3n) is 4.70. The minimum atomic E-state index is -1.08. The number of esters is 1. The number of hydrogen-bond donors (Lipinski definition) is 4. The minimum absolute atomic E-state index is 0.0170. The Kier molecular flexibility index (Phi) is 9.45. The Morgan fingerprint density at radius 2 is 2.03 bits per heavy atom. The smallest absolute Gasteiger partial charge is 0.407 e. The third-order valence-corrected chi connectivity index (χ3v) is 4.70. The van der Waals surface area contributed by atoms with Crippen molar-refractivity contribution in [2.45, 2.75) is 44.8 Å². The van der Waals surface area contributed by atoms with Gasteiger partial charge in [0.05, 0.1) is 25.8 Å². The lowest BCUT2D eigenvalue weighted by molar-refractivity contribution is -0.142. The monoisotopic (exact) mass is 447 g/mol. The molecule has 2 amide bonds. The molecule has 5 N–H and O–H groups in total. The van der Waals surface area contributed by atoms with Gasteiger partial charge in [-0.05, 0) is 12.0 Å². The highest BCUT2D eigenvalue weighted by molar-refractivity contribution is 6.01. The van der Waals surface area contributed by atoms with Gasteiger partial charge in [-0.2, -0.15) is 0 Å². The van der Waals surface area contributed by atoms with E-state index in [0.29, 0.717) is 24.1 Å². The van der Waals surface area contributed by atoms with Crippen molar-refractivity contribution in [3.8, 4) is 0 Å². The zero-order chi connectivity index (χ0) is 23.5. The van der Waals surface area contributed by atoms with Crippen LogP contribution in [0.25, 0.3) is 0 Å². The van der Waals surface area contributed by atoms with Crippen molar-refractivity contribution in [1.82, 2.24) is 10.6 Å². The molecular weight excluding hydrogens is 418 g/mol. The summed E-state index contributed by atoms with van der Waals surface area (Å²) in [6.07, 6.45) is 0.893. The van der Waals surface area contributed by atoms with Gasteiger partial charge in [0.1, 0.15) is 11.9 Å². The summed E-state index contributed by atoms with van der Waals surface area (Å²) < 4.78 is 9.64. The first-order chi connectivity index (χ1) is 15.3. The molecule has 11 heteroatoms. The van der Waals surface area contributed by atoms with Gasteiger partial charge in [0.25, 0.3) is 0 Å². The summed E-state index contributed by atoms with van der Waals surface area (Å²) in [7, 11) is 1.19. The number of nitrogen functional groups attached to an aromatic ring is 1. The molecule has 1 unspecified atom stereocenters. The molecule has 0 fully saturated rings. The minimum Gasteiger partial charge on any atom is -0.467 e. The zero-order valence-corrected chi connectivity index (χ0v) is 18.2. The van der Waals surface area contributed by atoms with Crippen LogP contribution in [0, 0.1) is 5.41 Å². The van der Waals surface area contributed by atoms with E-state index < -0.39 is 18.1 Å². The van der Waals surface area contributed by atoms with Crippen LogP contribution in [0.5, 0.6) is 0 Å². The molecular formula is C21H29N5O6. The number of rotatable bonds is 11. The van der Waals surface area contributed by atoms with Gasteiger partial charge in [-0.1, -0.05) is 42.8 Å². The Morgan fingerprint density at radius 1 is 1.31 bits per heavy atom. The highest BCUT2D eigenvalue weighted by atomic mass is 16.6. The molecule has 2 rings (SSSR count). The van der Waals surface area contributed by atoms with E-state index in [-0.39, 0.29) is 37.4 Å². The number of alkyl carbamates (subject to hydrolysis) is 1. The van der Waals surface area contributed by atoms with Crippen molar-refractivity contribution < 1.29 is 28.7 Å². The van der Waals surface area contributed by atoms with Crippen molar-refractivity contribution in [2.24, 2.45) is 10.9 Å². The Balaban J connectivity index is 1.81. The maximum absolute atomic E-state index is 12.3. The Hall–Kier alpha value is -3.63. The second-order valence-electron chi connectivity index (χ2n) is 7.18. The van der Waals surface area contributed by atoms with Crippen LogP contribution in [-0.2, 0) is 23.9 Å². The number of carbonyl (C=O) groups is 3. The van der Waals surface area contributed by atoms with E-state index in [1.54, 1.807) is 24.3 Å². The van der Waals surface area contributed by atoms with Crippen molar-refractivity contribution >= 4 is 29.5 Å². The maximum atomic E-state index is 12.3. The summed E-state index contributed by atoms with van der Waals surface area (Å²) in [5.74, 6) is -1.10. The quantitative estimate of drug-likeness (QED) is 0.172. The van der Waals surface area contributed by atoms with E-state index in [9.17, 15) is 14.4 Å². The molecule has 0 radical (unpaired) electrons. The largest absolute Gasteiger partial charge is 0.467 e. The SMILES string of the molecule is CCCCOC(=O)N[C@@H](CNC(=O)CC1=NOC(c2ccc(C(=N)N)cc2)C1)C(=O)OC. The average Bonchev–Trinajstić information content (AvgIpc) is 3.24. The number of benzene rings is 1. The van der Waals surface area contributed by atoms with E-state index in [0.717, 1.165) is 12.0 Å². The normalized spacial score (nSPS) is 15.7. The van der Waals surface area contributed by atoms with Crippen LogP contribution in [0.3, 0.4) is 0 Å². The van der Waals surface area contributed by atoms with Crippen LogP contribution >= 0.6 is 0 Å². The van der Waals surface area contributed by atoms with Gasteiger partial charge in [-0.15, -0.1) is 0 Å². The highest BCUT2D eigenvalue weighted by Crippen LogP contribution is 2.28. The van der Waals surface area contributed by atoms with Gasteiger partial charge in [-0.25, -0.2) is 9.59 Å². The molecule has 1 aromatic rings. The fraction of sp³-hybridized carbons (Fsp3) is 0.476. The van der Waals surface area contributed by atoms with E-state index in [1.165, 1.54) is 7.11 Å². The first-order valence-electron chi connectivity index (χ1n) is 10.3. The molecule has 1 aromatic carbocycles. The summed E-state index contributed by atoms with van der Waals surface area (Å²) in [6.45, 7) is 2.04. The topological polar surface area (TPSA) is 165 Å². The molecule has 0 saturated heterocycles. The highest BCUT2D eigenvalue weighted by Gasteiger charge is 2.26. The predicted octanol–water partition coefficient (Wildman–Crippen LogP) is 1.36. The Labute approximate surface area is 186 Å². The fourth-order valence-electron chi connectivity index (χ4n) is 2.88. The molecule has 2 atom stereocenters. The van der Waals surface area contributed by atoms with Crippen LogP contribution < -0.4 is 16.4 Å². The van der Waals surface area contributed by atoms with Gasteiger partial charge >= 0.3 is 12.1 Å². The number of amidine groups is 1. The number of unbranched alkanes of at least 4 members (excludes halogenated alkanes) is 1. The number of nitrogens with zero attached hydrogens (tertiary/aromatic N) is 1. The number of methoxy groups -OCH3 is 1. The number of hydrogen-bond acceptors (Lipinski definition) is 8. The second-order valence-corrected chi connectivity index (χ2v) is 7.18. The van der Waals surface area contributed by atoms with Crippen LogP contribution in [0.2, 0.25) is 0 Å². The molecule has 11 nitrogen and oxygen atoms in total. The lowest BCUT2D eigenvalue weighted by Crippen LogP contribution is -2.49. The van der Waals surface area contributed by atoms with Crippen molar-refractivity contribution in [2.75, 3.05) is 20.3 Å². The first kappa shape index (κ1) is 24.6. The molecule has 0 saturated carbocycles. The number of nitrogens with two attached hydrogens (primary N) is 1. The number of carbonyl (C=O) groups excluding carboxylic acids is 3. The van der Waals surface area contributed by atoms with Crippen molar-refractivity contribution in [1.29, 1.82) is 5.41 Å². The number of nitrogens with one attached hydrogen (secondary N) is 3. The number of oxime groups is 1. The molecule has 1 aliphatic rings. The summed E-state index contributed by atoms with van der Waals surface area (Å²) >= 11 is 0. The Morgan fingerprint density at radius 3 is 2.66 bits per heavy atom. The predicted molar refractivity (Wildman–Crippen MR) is 116 cm³/mol. The van der Waals surface area contributed by atoms with Crippen LogP contribution in [0.4, 0.5) is 4.79 Å². The molecule has 0 spiro atoms. The second kappa shape index (κ2) is 12.3. The standard InChI is InChI=1S/C21H29N5O6/c1-3-4-9-31-21(29)25-16(20(28)30-2)12-24-18(27)11-15-10-17(32-26-15)13-5-7-14(8-6-13)19(22)23/h5-8,16-17H,3-4,9-12H2,1-2H3,(H3,22,23)(H,24,27)(H,25,29)/t16-,17?/m0/s1. The fourth-order valence-corrected chi connectivity index (χ4v) is 2.88. The van der Waals surface area contributed by atoms with E-state index in [4.69, 9.17) is 20.7 Å². The zero-order valence-electron chi connectivity index (χ0n) is 18.2.